The Morgan fingerprint density at radius 2 is 1.79 bits per heavy atom. The molecule has 0 aromatic heterocycles. The molecule has 1 aliphatic rings. The van der Waals surface area contributed by atoms with Crippen LogP contribution in [0.3, 0.4) is 0 Å². The van der Waals surface area contributed by atoms with E-state index in [2.05, 4.69) is 36.2 Å². The second-order valence-electron chi connectivity index (χ2n) is 7.22. The number of carbonyl (C=O) groups is 2. The zero-order chi connectivity index (χ0) is 19.9. The van der Waals surface area contributed by atoms with Crippen LogP contribution in [0.15, 0.2) is 48.5 Å². The largest absolute Gasteiger partial charge is 0.362 e. The van der Waals surface area contributed by atoms with Crippen LogP contribution in [0.25, 0.3) is 0 Å². The van der Waals surface area contributed by atoms with Gasteiger partial charge in [-0.3, -0.25) is 9.59 Å². The number of carbonyl (C=O) groups excluding carboxylic acids is 2. The topological polar surface area (TPSA) is 52.7 Å². The first-order valence-corrected chi connectivity index (χ1v) is 10.1. The van der Waals surface area contributed by atoms with E-state index >= 15 is 0 Å². The van der Waals surface area contributed by atoms with Crippen LogP contribution in [-0.4, -0.2) is 42.9 Å². The first-order chi connectivity index (χ1) is 13.6. The SMILES string of the molecule is CCCN(CCC)C(=O)c1cccc(NC(=O)CN2CCc3ccccc32)c1. The van der Waals surface area contributed by atoms with E-state index in [1.807, 2.05) is 35.2 Å². The van der Waals surface area contributed by atoms with Gasteiger partial charge in [-0.05, 0) is 49.1 Å². The molecule has 148 valence electrons. The first-order valence-electron chi connectivity index (χ1n) is 10.1. The Balaban J connectivity index is 1.64. The van der Waals surface area contributed by atoms with Gasteiger partial charge in [0.15, 0.2) is 0 Å². The van der Waals surface area contributed by atoms with E-state index in [1.165, 1.54) is 5.56 Å². The second-order valence-corrected chi connectivity index (χ2v) is 7.22. The highest BCUT2D eigenvalue weighted by molar-refractivity contribution is 5.98. The molecule has 0 unspecified atom stereocenters. The van der Waals surface area contributed by atoms with E-state index in [1.54, 1.807) is 6.07 Å². The van der Waals surface area contributed by atoms with Crippen molar-refractivity contribution in [2.75, 3.05) is 36.4 Å². The monoisotopic (exact) mass is 379 g/mol. The predicted molar refractivity (Wildman–Crippen MR) is 114 cm³/mol. The van der Waals surface area contributed by atoms with Crippen molar-refractivity contribution in [2.24, 2.45) is 0 Å². The van der Waals surface area contributed by atoms with Crippen molar-refractivity contribution in [1.82, 2.24) is 4.90 Å². The summed E-state index contributed by atoms with van der Waals surface area (Å²) in [6.07, 6.45) is 2.83. The molecule has 0 atom stereocenters. The van der Waals surface area contributed by atoms with Gasteiger partial charge in [0.05, 0.1) is 6.54 Å². The number of anilines is 2. The van der Waals surface area contributed by atoms with Gasteiger partial charge < -0.3 is 15.1 Å². The summed E-state index contributed by atoms with van der Waals surface area (Å²) in [6.45, 7) is 6.81. The summed E-state index contributed by atoms with van der Waals surface area (Å²) in [7, 11) is 0. The summed E-state index contributed by atoms with van der Waals surface area (Å²) in [6, 6.07) is 15.4. The second kappa shape index (κ2) is 9.40. The number of fused-ring (bicyclic) bond motifs is 1. The molecule has 2 aromatic rings. The van der Waals surface area contributed by atoms with Crippen LogP contribution in [0.2, 0.25) is 0 Å². The van der Waals surface area contributed by atoms with E-state index in [4.69, 9.17) is 0 Å². The number of nitrogens with zero attached hydrogens (tertiary/aromatic N) is 2. The molecular formula is C23H29N3O2. The molecule has 2 aromatic carbocycles. The Morgan fingerprint density at radius 3 is 2.54 bits per heavy atom. The maximum absolute atomic E-state index is 12.8. The summed E-state index contributed by atoms with van der Waals surface area (Å²) in [5, 5.41) is 2.95. The van der Waals surface area contributed by atoms with Gasteiger partial charge in [0.1, 0.15) is 0 Å². The van der Waals surface area contributed by atoms with Crippen LogP contribution in [-0.2, 0) is 11.2 Å². The van der Waals surface area contributed by atoms with Crippen LogP contribution in [0.5, 0.6) is 0 Å². The third kappa shape index (κ3) is 4.71. The van der Waals surface area contributed by atoms with Gasteiger partial charge in [0, 0.05) is 36.6 Å². The number of hydrogen-bond acceptors (Lipinski definition) is 3. The molecule has 0 spiro atoms. The van der Waals surface area contributed by atoms with Gasteiger partial charge >= 0.3 is 0 Å². The molecule has 2 amide bonds. The fourth-order valence-corrected chi connectivity index (χ4v) is 3.71. The summed E-state index contributed by atoms with van der Waals surface area (Å²) in [4.78, 5) is 29.3. The molecule has 3 rings (SSSR count). The van der Waals surface area contributed by atoms with Crippen molar-refractivity contribution in [2.45, 2.75) is 33.1 Å². The van der Waals surface area contributed by atoms with Crippen molar-refractivity contribution in [3.8, 4) is 0 Å². The quantitative estimate of drug-likeness (QED) is 0.756. The number of amides is 2. The van der Waals surface area contributed by atoms with Gasteiger partial charge in [0.25, 0.3) is 5.91 Å². The number of benzene rings is 2. The van der Waals surface area contributed by atoms with Gasteiger partial charge in [0.2, 0.25) is 5.91 Å². The molecule has 1 N–H and O–H groups in total. The molecule has 5 nitrogen and oxygen atoms in total. The highest BCUT2D eigenvalue weighted by Crippen LogP contribution is 2.27. The minimum atomic E-state index is -0.0692. The highest BCUT2D eigenvalue weighted by atomic mass is 16.2. The molecule has 0 fully saturated rings. The normalized spacial score (nSPS) is 12.6. The Hall–Kier alpha value is -2.82. The average molecular weight is 380 g/mol. The predicted octanol–water partition coefficient (Wildman–Crippen LogP) is 3.95. The van der Waals surface area contributed by atoms with Crippen molar-refractivity contribution < 1.29 is 9.59 Å². The molecule has 28 heavy (non-hydrogen) atoms. The molecule has 0 saturated heterocycles. The van der Waals surface area contributed by atoms with Crippen molar-refractivity contribution in [3.63, 3.8) is 0 Å². The summed E-state index contributed by atoms with van der Waals surface area (Å²) < 4.78 is 0. The lowest BCUT2D eigenvalue weighted by atomic mass is 10.1. The summed E-state index contributed by atoms with van der Waals surface area (Å²) in [5.41, 5.74) is 3.70. The zero-order valence-corrected chi connectivity index (χ0v) is 16.8. The molecule has 0 aliphatic carbocycles. The van der Waals surface area contributed by atoms with Gasteiger partial charge in [-0.15, -0.1) is 0 Å². The zero-order valence-electron chi connectivity index (χ0n) is 16.8. The molecule has 1 aliphatic heterocycles. The Kier molecular flexibility index (Phi) is 6.69. The van der Waals surface area contributed by atoms with Crippen LogP contribution in [0.1, 0.15) is 42.6 Å². The fourth-order valence-electron chi connectivity index (χ4n) is 3.71. The third-order valence-electron chi connectivity index (χ3n) is 4.99. The molecule has 0 bridgehead atoms. The van der Waals surface area contributed by atoms with Crippen LogP contribution < -0.4 is 10.2 Å². The minimum Gasteiger partial charge on any atom is -0.362 e. The number of para-hydroxylation sites is 1. The first kappa shape index (κ1) is 19.9. The molecular weight excluding hydrogens is 350 g/mol. The van der Waals surface area contributed by atoms with Crippen molar-refractivity contribution in [3.05, 3.63) is 59.7 Å². The fraction of sp³-hybridized carbons (Fsp3) is 0.391. The maximum Gasteiger partial charge on any atom is 0.253 e. The highest BCUT2D eigenvalue weighted by Gasteiger charge is 2.21. The third-order valence-corrected chi connectivity index (χ3v) is 4.99. The lowest BCUT2D eigenvalue weighted by molar-refractivity contribution is -0.115. The number of nitrogens with one attached hydrogen (secondary N) is 1. The van der Waals surface area contributed by atoms with Gasteiger partial charge in [-0.1, -0.05) is 38.1 Å². The Morgan fingerprint density at radius 1 is 1.04 bits per heavy atom. The smallest absolute Gasteiger partial charge is 0.253 e. The van der Waals surface area contributed by atoms with E-state index in [0.29, 0.717) is 17.8 Å². The van der Waals surface area contributed by atoms with E-state index < -0.39 is 0 Å². The Bertz CT molecular complexity index is 828. The molecule has 5 heteroatoms. The number of hydrogen-bond donors (Lipinski definition) is 1. The summed E-state index contributed by atoms with van der Waals surface area (Å²) >= 11 is 0. The summed E-state index contributed by atoms with van der Waals surface area (Å²) in [5.74, 6) is -0.0476. The van der Waals surface area contributed by atoms with E-state index in [0.717, 1.165) is 44.6 Å². The van der Waals surface area contributed by atoms with E-state index in [9.17, 15) is 9.59 Å². The number of rotatable bonds is 8. The molecule has 0 radical (unpaired) electrons. The van der Waals surface area contributed by atoms with Crippen molar-refractivity contribution >= 4 is 23.2 Å². The Labute approximate surface area is 167 Å². The molecule has 1 heterocycles. The van der Waals surface area contributed by atoms with Crippen molar-refractivity contribution in [1.29, 1.82) is 0 Å². The molecule has 0 saturated carbocycles. The van der Waals surface area contributed by atoms with Crippen LogP contribution in [0, 0.1) is 0 Å². The average Bonchev–Trinajstić information content (AvgIpc) is 3.10. The lowest BCUT2D eigenvalue weighted by Gasteiger charge is -2.22. The standard InChI is InChI=1S/C23H29N3O2/c1-3-13-25(14-4-2)23(28)19-9-7-10-20(16-19)24-22(27)17-26-15-12-18-8-5-6-11-21(18)26/h5-11,16H,3-4,12-15,17H2,1-2H3,(H,24,27). The van der Waals surface area contributed by atoms with Gasteiger partial charge in [-0.2, -0.15) is 0 Å². The lowest BCUT2D eigenvalue weighted by Crippen LogP contribution is -2.33. The van der Waals surface area contributed by atoms with E-state index in [-0.39, 0.29) is 11.8 Å². The van der Waals surface area contributed by atoms with Gasteiger partial charge in [-0.25, -0.2) is 0 Å². The minimum absolute atomic E-state index is 0.0215. The van der Waals surface area contributed by atoms with Crippen LogP contribution in [0.4, 0.5) is 11.4 Å². The maximum atomic E-state index is 12.8. The van der Waals surface area contributed by atoms with Crippen LogP contribution >= 0.6 is 0 Å².